The first-order valence-electron chi connectivity index (χ1n) is 7.59. The van der Waals surface area contributed by atoms with Crippen molar-refractivity contribution in [1.82, 2.24) is 5.32 Å². The molecule has 0 radical (unpaired) electrons. The normalized spacial score (nSPS) is 17.1. The van der Waals surface area contributed by atoms with Gasteiger partial charge in [0.1, 0.15) is 11.9 Å². The molecule has 0 saturated carbocycles. The van der Waals surface area contributed by atoms with Crippen molar-refractivity contribution in [3.8, 4) is 6.07 Å². The van der Waals surface area contributed by atoms with Crippen LogP contribution >= 0.6 is 11.6 Å². The van der Waals surface area contributed by atoms with Crippen molar-refractivity contribution < 1.29 is 18.8 Å². The van der Waals surface area contributed by atoms with E-state index in [-0.39, 0.29) is 16.9 Å². The molecule has 2 aromatic carbocycles. The molecule has 4 amide bonds. The van der Waals surface area contributed by atoms with E-state index in [9.17, 15) is 18.8 Å². The van der Waals surface area contributed by atoms with Crippen molar-refractivity contribution in [2.45, 2.75) is 0 Å². The molecule has 0 unspecified atom stereocenters. The number of amides is 4. The number of nitrogens with one attached hydrogen (secondary N) is 1. The molecule has 1 aliphatic rings. The van der Waals surface area contributed by atoms with Gasteiger partial charge in [-0.3, -0.25) is 19.9 Å². The molecule has 9 heteroatoms. The summed E-state index contributed by atoms with van der Waals surface area (Å²) in [6.45, 7) is 0. The van der Waals surface area contributed by atoms with Gasteiger partial charge in [0.15, 0.2) is 5.92 Å². The predicted octanol–water partition coefficient (Wildman–Crippen LogP) is 2.95. The summed E-state index contributed by atoms with van der Waals surface area (Å²) in [6, 6.07) is 10.3. The lowest BCUT2D eigenvalue weighted by Gasteiger charge is -2.28. The minimum Gasteiger partial charge on any atom is -0.276 e. The summed E-state index contributed by atoms with van der Waals surface area (Å²) in [5, 5.41) is 11.4. The smallest absolute Gasteiger partial charge is 0.276 e. The number of halogens is 2. The number of imide groups is 2. The highest BCUT2D eigenvalue weighted by Crippen LogP contribution is 2.25. The van der Waals surface area contributed by atoms with Gasteiger partial charge in [0.25, 0.3) is 5.91 Å². The van der Waals surface area contributed by atoms with Gasteiger partial charge < -0.3 is 0 Å². The first-order valence-corrected chi connectivity index (χ1v) is 7.97. The minimum absolute atomic E-state index is 0.153. The minimum atomic E-state index is -1.48. The second-order valence-electron chi connectivity index (χ2n) is 5.45. The van der Waals surface area contributed by atoms with Crippen LogP contribution in [0.15, 0.2) is 47.5 Å². The van der Waals surface area contributed by atoms with Crippen molar-refractivity contribution in [2.24, 2.45) is 10.9 Å². The topological polar surface area (TPSA) is 103 Å². The molecule has 0 aliphatic carbocycles. The zero-order valence-corrected chi connectivity index (χ0v) is 14.3. The summed E-state index contributed by atoms with van der Waals surface area (Å²) in [7, 11) is 0. The standard InChI is InChI=1S/C18H10ClFN4O3/c19-11-6-5-10(8-21)14(7-11)22-9-12-16(25)23-18(27)24(17(12)26)15-4-2-1-3-13(15)20/h1-7,9,12H,(H,23,25,27)/t12-/m0/s1. The molecule has 1 N–H and O–H groups in total. The number of hydrogen-bond acceptors (Lipinski definition) is 5. The summed E-state index contributed by atoms with van der Waals surface area (Å²) in [5.74, 6) is -4.14. The van der Waals surface area contributed by atoms with Crippen LogP contribution in [0.25, 0.3) is 0 Å². The van der Waals surface area contributed by atoms with E-state index in [1.54, 1.807) is 0 Å². The Labute approximate surface area is 157 Å². The Morgan fingerprint density at radius 3 is 2.67 bits per heavy atom. The van der Waals surface area contributed by atoms with Gasteiger partial charge in [-0.25, -0.2) is 14.1 Å². The lowest BCUT2D eigenvalue weighted by Crippen LogP contribution is -2.58. The molecule has 7 nitrogen and oxygen atoms in total. The van der Waals surface area contributed by atoms with E-state index >= 15 is 0 Å². The van der Waals surface area contributed by atoms with Gasteiger partial charge in [-0.2, -0.15) is 5.26 Å². The number of nitrogens with zero attached hydrogens (tertiary/aromatic N) is 3. The molecular formula is C18H10ClFN4O3. The summed E-state index contributed by atoms with van der Waals surface area (Å²) in [5.41, 5.74) is 0.0488. The fourth-order valence-electron chi connectivity index (χ4n) is 2.44. The number of carbonyl (C=O) groups is 3. The van der Waals surface area contributed by atoms with Crippen LogP contribution in [0.3, 0.4) is 0 Å². The molecule has 1 fully saturated rings. The molecule has 2 aromatic rings. The molecule has 1 atom stereocenters. The third kappa shape index (κ3) is 3.54. The number of barbiturate groups is 1. The molecule has 1 heterocycles. The quantitative estimate of drug-likeness (QED) is 0.649. The molecule has 0 spiro atoms. The van der Waals surface area contributed by atoms with Crippen molar-refractivity contribution in [2.75, 3.05) is 4.90 Å². The first-order chi connectivity index (χ1) is 12.9. The number of anilines is 1. The lowest BCUT2D eigenvalue weighted by molar-refractivity contribution is -0.131. The molecule has 134 valence electrons. The number of nitriles is 1. The Morgan fingerprint density at radius 2 is 1.96 bits per heavy atom. The van der Waals surface area contributed by atoms with Gasteiger partial charge in [-0.15, -0.1) is 0 Å². The third-order valence-corrected chi connectivity index (χ3v) is 3.97. The Bertz CT molecular complexity index is 1030. The van der Waals surface area contributed by atoms with Crippen LogP contribution in [0.2, 0.25) is 5.02 Å². The van der Waals surface area contributed by atoms with E-state index in [0.717, 1.165) is 12.3 Å². The second kappa shape index (κ2) is 7.35. The van der Waals surface area contributed by atoms with Gasteiger partial charge >= 0.3 is 6.03 Å². The summed E-state index contributed by atoms with van der Waals surface area (Å²) >= 11 is 5.87. The van der Waals surface area contributed by atoms with Crippen molar-refractivity contribution in [1.29, 1.82) is 5.26 Å². The van der Waals surface area contributed by atoms with Gasteiger partial charge in [0.05, 0.1) is 16.9 Å². The van der Waals surface area contributed by atoms with Crippen LogP contribution < -0.4 is 10.2 Å². The van der Waals surface area contributed by atoms with Crippen LogP contribution in [-0.2, 0) is 9.59 Å². The van der Waals surface area contributed by atoms with E-state index in [2.05, 4.69) is 4.99 Å². The number of hydrogen-bond donors (Lipinski definition) is 1. The highest BCUT2D eigenvalue weighted by Gasteiger charge is 2.41. The highest BCUT2D eigenvalue weighted by atomic mass is 35.5. The van der Waals surface area contributed by atoms with Crippen molar-refractivity contribution in [3.63, 3.8) is 0 Å². The zero-order valence-electron chi connectivity index (χ0n) is 13.5. The average molecular weight is 385 g/mol. The molecule has 3 rings (SSSR count). The van der Waals surface area contributed by atoms with E-state index in [1.807, 2.05) is 11.4 Å². The number of benzene rings is 2. The number of urea groups is 1. The number of aliphatic imine (C=N–C) groups is 1. The van der Waals surface area contributed by atoms with Gasteiger partial charge in [0.2, 0.25) is 5.91 Å². The fraction of sp³-hybridized carbons (Fsp3) is 0.0556. The average Bonchev–Trinajstić information content (AvgIpc) is 2.63. The summed E-state index contributed by atoms with van der Waals surface area (Å²) < 4.78 is 14.0. The molecule has 27 heavy (non-hydrogen) atoms. The van der Waals surface area contributed by atoms with E-state index < -0.39 is 29.6 Å². The Morgan fingerprint density at radius 1 is 1.22 bits per heavy atom. The summed E-state index contributed by atoms with van der Waals surface area (Å²) in [6.07, 6.45) is 0.991. The molecule has 0 bridgehead atoms. The van der Waals surface area contributed by atoms with Gasteiger partial charge in [-0.05, 0) is 30.3 Å². The van der Waals surface area contributed by atoms with Crippen molar-refractivity contribution >= 4 is 47.0 Å². The molecule has 0 aromatic heterocycles. The maximum atomic E-state index is 14.0. The Balaban J connectivity index is 1.96. The lowest BCUT2D eigenvalue weighted by atomic mass is 10.1. The SMILES string of the molecule is N#Cc1ccc(Cl)cc1N=C[C@H]1C(=O)NC(=O)N(c2ccccc2F)C1=O. The summed E-state index contributed by atoms with van der Waals surface area (Å²) in [4.78, 5) is 41.3. The Hall–Kier alpha value is -3.57. The Kier molecular flexibility index (Phi) is 4.96. The fourth-order valence-corrected chi connectivity index (χ4v) is 2.61. The first kappa shape index (κ1) is 18.2. The predicted molar refractivity (Wildman–Crippen MR) is 95.2 cm³/mol. The molecule has 1 saturated heterocycles. The third-order valence-electron chi connectivity index (χ3n) is 3.74. The van der Waals surface area contributed by atoms with Crippen molar-refractivity contribution in [3.05, 3.63) is 58.9 Å². The van der Waals surface area contributed by atoms with Gasteiger partial charge in [-0.1, -0.05) is 23.7 Å². The van der Waals surface area contributed by atoms with Crippen LogP contribution in [0.1, 0.15) is 5.56 Å². The van der Waals surface area contributed by atoms with Gasteiger partial charge in [0, 0.05) is 11.2 Å². The number of para-hydroxylation sites is 1. The molecule has 1 aliphatic heterocycles. The van der Waals surface area contributed by atoms with E-state index in [0.29, 0.717) is 9.92 Å². The number of rotatable bonds is 3. The number of carbonyl (C=O) groups excluding carboxylic acids is 3. The van der Waals surface area contributed by atoms with E-state index in [1.165, 1.54) is 36.4 Å². The highest BCUT2D eigenvalue weighted by molar-refractivity contribution is 6.33. The molecular weight excluding hydrogens is 375 g/mol. The van der Waals surface area contributed by atoms with Crippen LogP contribution in [0, 0.1) is 23.1 Å². The van der Waals surface area contributed by atoms with Crippen LogP contribution in [0.4, 0.5) is 20.6 Å². The second-order valence-corrected chi connectivity index (χ2v) is 5.89. The maximum Gasteiger partial charge on any atom is 0.335 e. The largest absolute Gasteiger partial charge is 0.335 e. The van der Waals surface area contributed by atoms with E-state index in [4.69, 9.17) is 16.9 Å². The van der Waals surface area contributed by atoms with Crippen LogP contribution in [-0.4, -0.2) is 24.1 Å². The van der Waals surface area contributed by atoms with Crippen LogP contribution in [0.5, 0.6) is 0 Å². The maximum absolute atomic E-state index is 14.0. The monoisotopic (exact) mass is 384 g/mol. The zero-order chi connectivity index (χ0) is 19.6.